The zero-order valence-electron chi connectivity index (χ0n) is 12.5. The first kappa shape index (κ1) is 14.7. The minimum atomic E-state index is 0.172. The van der Waals surface area contributed by atoms with Crippen molar-refractivity contribution in [3.05, 3.63) is 23.2 Å². The third kappa shape index (κ3) is 2.62. The minimum Gasteiger partial charge on any atom is -0.495 e. The molecule has 1 N–H and O–H groups in total. The predicted octanol–water partition coefficient (Wildman–Crippen LogP) is 2.70. The highest BCUT2D eigenvalue weighted by atomic mass is 35.5. The number of piperidine rings is 1. The summed E-state index contributed by atoms with van der Waals surface area (Å²) in [5, 5.41) is 3.89. The van der Waals surface area contributed by atoms with E-state index in [-0.39, 0.29) is 17.2 Å². The van der Waals surface area contributed by atoms with Gasteiger partial charge >= 0.3 is 0 Å². The van der Waals surface area contributed by atoms with Crippen LogP contribution in [-0.4, -0.2) is 33.2 Å². The van der Waals surface area contributed by atoms with Crippen molar-refractivity contribution in [1.82, 2.24) is 5.32 Å². The van der Waals surface area contributed by atoms with Gasteiger partial charge in [0.25, 0.3) is 0 Å². The van der Waals surface area contributed by atoms with Crippen LogP contribution in [0.1, 0.15) is 19.3 Å². The number of anilines is 1. The third-order valence-electron chi connectivity index (χ3n) is 4.94. The average Bonchev–Trinajstić information content (AvgIpc) is 3.19. The van der Waals surface area contributed by atoms with Crippen molar-refractivity contribution < 1.29 is 9.53 Å². The SMILES string of the molecule is COc1ccc(N(C)C(=O)C2CC23CCNCC3)cc1Cl. The topological polar surface area (TPSA) is 41.6 Å². The van der Waals surface area contributed by atoms with Crippen molar-refractivity contribution >= 4 is 23.2 Å². The molecule has 1 heterocycles. The van der Waals surface area contributed by atoms with Crippen molar-refractivity contribution in [2.24, 2.45) is 11.3 Å². The van der Waals surface area contributed by atoms with Crippen molar-refractivity contribution in [2.75, 3.05) is 32.1 Å². The van der Waals surface area contributed by atoms with E-state index in [1.54, 1.807) is 24.1 Å². The van der Waals surface area contributed by atoms with E-state index in [2.05, 4.69) is 5.32 Å². The first-order valence-corrected chi connectivity index (χ1v) is 7.77. The van der Waals surface area contributed by atoms with Crippen LogP contribution in [0.5, 0.6) is 5.75 Å². The van der Waals surface area contributed by atoms with Crippen LogP contribution in [-0.2, 0) is 4.79 Å². The molecule has 1 saturated carbocycles. The number of halogens is 1. The maximum absolute atomic E-state index is 12.7. The molecule has 1 amide bonds. The molecule has 1 aromatic carbocycles. The fourth-order valence-electron chi connectivity index (χ4n) is 3.40. The molecule has 5 heteroatoms. The van der Waals surface area contributed by atoms with E-state index in [1.807, 2.05) is 13.1 Å². The van der Waals surface area contributed by atoms with Gasteiger partial charge in [-0.3, -0.25) is 4.79 Å². The van der Waals surface area contributed by atoms with Gasteiger partial charge in [-0.15, -0.1) is 0 Å². The van der Waals surface area contributed by atoms with Crippen molar-refractivity contribution in [1.29, 1.82) is 0 Å². The van der Waals surface area contributed by atoms with Crippen LogP contribution in [0.2, 0.25) is 5.02 Å². The van der Waals surface area contributed by atoms with Gasteiger partial charge in [-0.2, -0.15) is 0 Å². The van der Waals surface area contributed by atoms with Gasteiger partial charge in [0.2, 0.25) is 5.91 Å². The highest BCUT2D eigenvalue weighted by molar-refractivity contribution is 6.32. The number of methoxy groups -OCH3 is 1. The van der Waals surface area contributed by atoms with Gasteiger partial charge in [-0.1, -0.05) is 11.6 Å². The standard InChI is InChI=1S/C16H21ClN2O2/c1-19(11-3-4-14(21-2)13(17)9-11)15(20)12-10-16(12)5-7-18-8-6-16/h3-4,9,12,18H,5-8,10H2,1-2H3. The van der Waals surface area contributed by atoms with Crippen LogP contribution in [0.4, 0.5) is 5.69 Å². The molecule has 1 unspecified atom stereocenters. The monoisotopic (exact) mass is 308 g/mol. The number of hydrogen-bond acceptors (Lipinski definition) is 3. The Balaban J connectivity index is 1.72. The quantitative estimate of drug-likeness (QED) is 0.933. The Hall–Kier alpha value is -1.26. The Morgan fingerprint density at radius 1 is 1.43 bits per heavy atom. The van der Waals surface area contributed by atoms with Crippen LogP contribution in [0.3, 0.4) is 0 Å². The molecule has 1 aromatic rings. The highest BCUT2D eigenvalue weighted by Gasteiger charge is 2.58. The van der Waals surface area contributed by atoms with E-state index in [0.717, 1.165) is 38.0 Å². The molecule has 0 bridgehead atoms. The number of nitrogens with zero attached hydrogens (tertiary/aromatic N) is 1. The van der Waals surface area contributed by atoms with E-state index in [1.165, 1.54) is 0 Å². The second kappa shape index (κ2) is 5.50. The van der Waals surface area contributed by atoms with Gasteiger partial charge < -0.3 is 15.0 Å². The number of benzene rings is 1. The van der Waals surface area contributed by atoms with Crippen molar-refractivity contribution in [2.45, 2.75) is 19.3 Å². The Bertz CT molecular complexity index is 555. The largest absolute Gasteiger partial charge is 0.495 e. The fraction of sp³-hybridized carbons (Fsp3) is 0.562. The van der Waals surface area contributed by atoms with Gasteiger partial charge in [-0.05, 0) is 56.0 Å². The molecule has 21 heavy (non-hydrogen) atoms. The lowest BCUT2D eigenvalue weighted by atomic mass is 9.91. The first-order valence-electron chi connectivity index (χ1n) is 7.39. The van der Waals surface area contributed by atoms with Gasteiger partial charge in [0.1, 0.15) is 5.75 Å². The number of amides is 1. The summed E-state index contributed by atoms with van der Waals surface area (Å²) < 4.78 is 5.15. The lowest BCUT2D eigenvalue weighted by Crippen LogP contribution is -2.34. The van der Waals surface area contributed by atoms with E-state index in [4.69, 9.17) is 16.3 Å². The molecule has 0 radical (unpaired) electrons. The summed E-state index contributed by atoms with van der Waals surface area (Å²) in [6.45, 7) is 2.06. The maximum atomic E-state index is 12.7. The number of ether oxygens (including phenoxy) is 1. The van der Waals surface area contributed by atoms with E-state index in [0.29, 0.717) is 10.8 Å². The number of carbonyl (C=O) groups excluding carboxylic acids is 1. The Labute approximate surface area is 130 Å². The summed E-state index contributed by atoms with van der Waals surface area (Å²) >= 11 is 6.14. The number of carbonyl (C=O) groups is 1. The molecule has 3 rings (SSSR count). The summed E-state index contributed by atoms with van der Waals surface area (Å²) in [6.07, 6.45) is 3.25. The summed E-state index contributed by atoms with van der Waals surface area (Å²) in [4.78, 5) is 14.4. The van der Waals surface area contributed by atoms with Gasteiger partial charge in [0.15, 0.2) is 0 Å². The second-order valence-corrected chi connectivity index (χ2v) is 6.49. The maximum Gasteiger partial charge on any atom is 0.230 e. The molecule has 1 spiro atoms. The predicted molar refractivity (Wildman–Crippen MR) is 84.1 cm³/mol. The molecular weight excluding hydrogens is 288 g/mol. The molecule has 0 aromatic heterocycles. The van der Waals surface area contributed by atoms with Crippen LogP contribution in [0.25, 0.3) is 0 Å². The van der Waals surface area contributed by atoms with Crippen molar-refractivity contribution in [3.63, 3.8) is 0 Å². The third-order valence-corrected chi connectivity index (χ3v) is 5.24. The molecule has 114 valence electrons. The van der Waals surface area contributed by atoms with Crippen LogP contribution in [0.15, 0.2) is 18.2 Å². The van der Waals surface area contributed by atoms with Crippen LogP contribution in [0, 0.1) is 11.3 Å². The lowest BCUT2D eigenvalue weighted by molar-refractivity contribution is -0.120. The second-order valence-electron chi connectivity index (χ2n) is 6.09. The van der Waals surface area contributed by atoms with Crippen molar-refractivity contribution in [3.8, 4) is 5.75 Å². The zero-order valence-corrected chi connectivity index (χ0v) is 13.2. The normalized spacial score (nSPS) is 22.9. The van der Waals surface area contributed by atoms with Gasteiger partial charge in [0.05, 0.1) is 12.1 Å². The minimum absolute atomic E-state index is 0.172. The molecule has 1 aliphatic carbocycles. The smallest absolute Gasteiger partial charge is 0.230 e. The lowest BCUT2D eigenvalue weighted by Gasteiger charge is -2.25. The Morgan fingerprint density at radius 2 is 2.14 bits per heavy atom. The van der Waals surface area contributed by atoms with Crippen LogP contribution < -0.4 is 15.0 Å². The number of nitrogens with one attached hydrogen (secondary N) is 1. The number of rotatable bonds is 3. The molecule has 1 aliphatic heterocycles. The molecule has 2 aliphatic rings. The van der Waals surface area contributed by atoms with E-state index in [9.17, 15) is 4.79 Å². The Kier molecular flexibility index (Phi) is 3.84. The molecule has 1 saturated heterocycles. The fourth-order valence-corrected chi connectivity index (χ4v) is 3.65. The molecule has 2 fully saturated rings. The van der Waals surface area contributed by atoms with Crippen LogP contribution >= 0.6 is 11.6 Å². The number of hydrogen-bond donors (Lipinski definition) is 1. The van der Waals surface area contributed by atoms with Gasteiger partial charge in [0, 0.05) is 18.7 Å². The van der Waals surface area contributed by atoms with Gasteiger partial charge in [-0.25, -0.2) is 0 Å². The van der Waals surface area contributed by atoms with E-state index >= 15 is 0 Å². The van der Waals surface area contributed by atoms with E-state index < -0.39 is 0 Å². The Morgan fingerprint density at radius 3 is 2.76 bits per heavy atom. The summed E-state index contributed by atoms with van der Waals surface area (Å²) in [7, 11) is 3.41. The zero-order chi connectivity index (χ0) is 15.0. The first-order chi connectivity index (χ1) is 10.1. The summed E-state index contributed by atoms with van der Waals surface area (Å²) in [5.74, 6) is 1.01. The average molecular weight is 309 g/mol. The summed E-state index contributed by atoms with van der Waals surface area (Å²) in [5.41, 5.74) is 1.08. The molecular formula is C16H21ClN2O2. The molecule has 4 nitrogen and oxygen atoms in total. The summed E-state index contributed by atoms with van der Waals surface area (Å²) in [6, 6.07) is 5.46. The molecule has 1 atom stereocenters. The highest BCUT2D eigenvalue weighted by Crippen LogP contribution is 2.59.